The number of nitrogens with one attached hydrogen (secondary N) is 1. The van der Waals surface area contributed by atoms with Crippen molar-refractivity contribution in [2.24, 2.45) is 178 Å². The average Bonchev–Trinajstić information content (AvgIpc) is 1.22. The van der Waals surface area contributed by atoms with E-state index < -0.39 is 30.4 Å². The Bertz CT molecular complexity index is 3790. The monoisotopic (exact) mass is 2110 g/mol. The number of hydroxylamine groups is 2. The molecule has 146 heavy (non-hydrogen) atoms. The van der Waals surface area contributed by atoms with Crippen molar-refractivity contribution < 1.29 is 128 Å². The van der Waals surface area contributed by atoms with Crippen LogP contribution in [0.1, 0.15) is 314 Å². The number of unbranched alkanes of at least 4 members (excludes halogenated alkanes) is 1. The number of imide groups is 1. The van der Waals surface area contributed by atoms with Gasteiger partial charge in [-0.25, -0.2) is 4.79 Å². The molecule has 0 aromatic rings. The third-order valence-corrected chi connectivity index (χ3v) is 39.8. The lowest BCUT2D eigenvalue weighted by molar-refractivity contribution is -0.315. The van der Waals surface area contributed by atoms with Crippen molar-refractivity contribution in [2.75, 3.05) is 84.1 Å². The zero-order valence-electron chi connectivity index (χ0n) is 97.2. The van der Waals surface area contributed by atoms with Crippen LogP contribution in [-0.4, -0.2) is 247 Å². The molecule has 0 spiro atoms. The molecular weight excluding hydrogens is 1910 g/mol. The van der Waals surface area contributed by atoms with E-state index in [1.54, 1.807) is 0 Å². The van der Waals surface area contributed by atoms with Gasteiger partial charge in [-0.05, 0) is 144 Å². The summed E-state index contributed by atoms with van der Waals surface area (Å²) >= 11 is 2.16. The van der Waals surface area contributed by atoms with Crippen LogP contribution in [0.5, 0.6) is 0 Å². The molecule has 0 aromatic heterocycles. The second-order valence-electron chi connectivity index (χ2n) is 46.7. The van der Waals surface area contributed by atoms with Gasteiger partial charge in [-0.15, -0.1) is 5.06 Å². The minimum atomic E-state index is -0.683. The van der Waals surface area contributed by atoms with Crippen LogP contribution in [0.2, 0.25) is 0 Å². The predicted octanol–water partition coefficient (Wildman–Crippen LogP) is 21.6. The topological polar surface area (TPSA) is 312 Å². The Morgan fingerprint density at radius 1 is 0.274 bits per heavy atom. The van der Waals surface area contributed by atoms with E-state index in [1.807, 2.05) is 13.8 Å². The highest BCUT2D eigenvalue weighted by Gasteiger charge is 2.53. The summed E-state index contributed by atoms with van der Waals surface area (Å²) in [5, 5.41) is 3.35. The summed E-state index contributed by atoms with van der Waals surface area (Å²) in [6.07, 6.45) is 1.56. The molecule has 0 bridgehead atoms. The van der Waals surface area contributed by atoms with E-state index >= 15 is 0 Å². The van der Waals surface area contributed by atoms with E-state index in [-0.39, 0.29) is 212 Å². The first-order valence-corrected chi connectivity index (χ1v) is 59.3. The number of thioether (sulfide) groups is 2. The van der Waals surface area contributed by atoms with Crippen LogP contribution in [0.4, 0.5) is 0 Å². The van der Waals surface area contributed by atoms with E-state index in [0.29, 0.717) is 208 Å². The molecule has 11 fully saturated rings. The molecule has 50 atom stereocenters. The predicted molar refractivity (Wildman–Crippen MR) is 568 cm³/mol. The number of hydrogen-bond donors (Lipinski definition) is 1. The van der Waals surface area contributed by atoms with Gasteiger partial charge in [0.2, 0.25) is 5.91 Å². The van der Waals surface area contributed by atoms with Crippen molar-refractivity contribution in [3.8, 4) is 0 Å². The highest BCUT2D eigenvalue weighted by atomic mass is 32.2. The molecule has 0 saturated carbocycles. The Morgan fingerprint density at radius 2 is 0.466 bits per heavy atom. The van der Waals surface area contributed by atoms with Gasteiger partial charge in [-0.1, -0.05) is 272 Å². The number of carbonyl (C=O) groups excluding carboxylic acids is 6. The van der Waals surface area contributed by atoms with Gasteiger partial charge >= 0.3 is 5.97 Å². The molecule has 0 radical (unpaired) electrons. The maximum absolute atomic E-state index is 12.1. The van der Waals surface area contributed by atoms with Gasteiger partial charge in [0.15, 0.2) is 73.1 Å². The lowest BCUT2D eigenvalue weighted by Crippen LogP contribution is -2.53. The minimum absolute atomic E-state index is 0.0126. The quantitative estimate of drug-likeness (QED) is 0.0438. The van der Waals surface area contributed by atoms with Crippen molar-refractivity contribution in [3.63, 3.8) is 0 Å². The Labute approximate surface area is 890 Å². The van der Waals surface area contributed by atoms with Crippen LogP contribution in [-0.2, 0) is 128 Å². The molecule has 3 amide bonds. The van der Waals surface area contributed by atoms with E-state index in [2.05, 4.69) is 239 Å². The molecule has 20 unspecified atom stereocenters. The van der Waals surface area contributed by atoms with Crippen LogP contribution < -0.4 is 5.32 Å². The molecule has 31 heteroatoms. The van der Waals surface area contributed by atoms with E-state index in [9.17, 15) is 28.8 Å². The van der Waals surface area contributed by atoms with Gasteiger partial charge in [0.25, 0.3) is 11.8 Å². The fourth-order valence-corrected chi connectivity index (χ4v) is 24.2. The summed E-state index contributed by atoms with van der Waals surface area (Å²) in [5.74, 6) is 9.06. The third kappa shape index (κ3) is 34.7. The summed E-state index contributed by atoms with van der Waals surface area (Å²) in [6, 6.07) is 0. The van der Waals surface area contributed by atoms with Gasteiger partial charge in [-0.3, -0.25) is 24.0 Å². The SMILES string of the molecule is CC.CC(=O)SCCC(=O)ON1C(=O)CCC1=O.CCC1O[C@@H](OCC2O[C@H](OCC3O[C@H](OCC4O[C@H](OCC5O[C@@H](OCCCNC(=O)CCSC(C)=O)C(C)[C@@H](C)[C@@H]5C)C(C)[C@@H](C)[C@@H]4C)C(C)[C@@H](C)[C@@H]3C)C(C)[C@@H](C)[C@@H]2C)C(C)[C@@H](C)[C@@H]1C.CCCCO[C@@H]1OC(CO[C@H]2OC(CO[C@H]3OC(CO[C@H]4OC(CO[C@@H]5OC(CC)[C@@H](C)[C@H](C)C5C)[C@@H](C)[C@H](C)C4C)[C@@H](C)[C@H](C)C3C)[C@@H](C)[C@H](C)C2C)[C@@H](C)[C@H](C)C1C. The van der Waals surface area contributed by atoms with Gasteiger partial charge < -0.3 is 105 Å². The van der Waals surface area contributed by atoms with Crippen LogP contribution >= 0.6 is 23.5 Å². The fraction of sp³-hybridized carbons (Fsp3) is 0.948. The number of carbonyl (C=O) groups is 6. The Kier molecular flexibility index (Phi) is 54.5. The smallest absolute Gasteiger partial charge is 0.334 e. The first-order valence-electron chi connectivity index (χ1n) is 57.4. The molecule has 0 aliphatic carbocycles. The minimum Gasteiger partial charge on any atom is -0.356 e. The maximum atomic E-state index is 12.1. The zero-order valence-corrected chi connectivity index (χ0v) is 98.8. The van der Waals surface area contributed by atoms with Crippen molar-refractivity contribution >= 4 is 57.4 Å². The molecule has 11 heterocycles. The zero-order chi connectivity index (χ0) is 108. The van der Waals surface area contributed by atoms with Gasteiger partial charge in [0.05, 0.1) is 127 Å². The molecule has 11 aliphatic rings. The van der Waals surface area contributed by atoms with Crippen LogP contribution in [0, 0.1) is 178 Å². The molecule has 0 aromatic carbocycles. The van der Waals surface area contributed by atoms with E-state index in [0.717, 1.165) is 44.1 Å². The summed E-state index contributed by atoms with van der Waals surface area (Å²) < 4.78 is 132. The van der Waals surface area contributed by atoms with Crippen molar-refractivity contribution in [1.29, 1.82) is 0 Å². The highest BCUT2D eigenvalue weighted by Crippen LogP contribution is 2.48. The van der Waals surface area contributed by atoms with Crippen LogP contribution in [0.25, 0.3) is 0 Å². The standard InChI is InChI=1S/C54H97NO12S.C50H92O10.C9H11NO5S.C2H6/c1-18-44-33(7)28(2)39(13)51(63-44)59-25-46-35(9)30(4)41(15)53(65-46)61-27-48-37(11)32(6)42(16)54(67-48)62-26-47-36(10)31(5)40(14)52(66-47)60-24-45-34(8)29(3)38(12)50(64-45)58-22-19-21-55-49(57)20-23-68-43(17)56;1-18-20-21-51-46-36(13)27(4)32(9)42(57-46)22-53-48-38(15)29(6)34(11)44(59-48)24-55-50-40(17)30(7)35(12)45(60-50)25-54-49-39(16)28(5)33(10)43(58-49)23-52-47-37(14)26(3)31(8)41(19-2)56-47;1-6(11)16-5-4-9(14)15-10-7(12)2-3-8(10)13;1-2/h28-42,44-48,50-54H,18-27H2,1-17H3,(H,55,57);26-50H,18-25H2,1-17H3;2-5H2,1H3;1-2H3/t28-,29-,30-,31-,32-,33-,34-,35-,36-,37-,38?,39?,40?,41?,42?,44?,45?,46?,47?,48?,50+,51+,52-,53-,54-;26-,27-,28-,29-,30-,31-,32-,33-,34-,35-,36?,37?,38?,39?,40?,41?,42?,43?,44?,45?,46+,47+,48-,49-,50-;;/m00../s1. The number of rotatable bonds is 42. The second-order valence-corrected chi connectivity index (χ2v) is 49.3. The summed E-state index contributed by atoms with van der Waals surface area (Å²) in [6.45, 7) is 87.0. The summed E-state index contributed by atoms with van der Waals surface area (Å²) in [4.78, 5) is 71.7. The molecule has 850 valence electrons. The lowest BCUT2D eigenvalue weighted by Gasteiger charge is -2.47. The average molecular weight is 2110 g/mol. The number of nitrogens with zero attached hydrogens (tertiary/aromatic N) is 1. The van der Waals surface area contributed by atoms with Crippen LogP contribution in [0.3, 0.4) is 0 Å². The normalized spacial score (nSPS) is 43.8. The van der Waals surface area contributed by atoms with Gasteiger partial charge in [-0.2, -0.15) is 0 Å². The van der Waals surface area contributed by atoms with E-state index in [4.69, 9.17) is 94.7 Å². The van der Waals surface area contributed by atoms with E-state index in [1.165, 1.54) is 25.6 Å². The first-order chi connectivity index (χ1) is 69.1. The third-order valence-electron chi connectivity index (χ3n) is 38.2. The van der Waals surface area contributed by atoms with Crippen molar-refractivity contribution in [1.82, 2.24) is 10.4 Å². The highest BCUT2D eigenvalue weighted by molar-refractivity contribution is 8.13. The number of hydrogen-bond acceptors (Lipinski definition) is 29. The molecule has 11 rings (SSSR count). The van der Waals surface area contributed by atoms with Crippen LogP contribution in [0.15, 0.2) is 0 Å². The summed E-state index contributed by atoms with van der Waals surface area (Å²) in [5.41, 5.74) is 0. The van der Waals surface area contributed by atoms with Gasteiger partial charge in [0, 0.05) is 117 Å². The largest absolute Gasteiger partial charge is 0.356 e. The fourth-order valence-electron chi connectivity index (χ4n) is 23.0. The molecule has 11 saturated heterocycles. The molecule has 29 nitrogen and oxygen atoms in total. The molecule has 1 N–H and O–H groups in total. The van der Waals surface area contributed by atoms with Crippen molar-refractivity contribution in [3.05, 3.63) is 0 Å². The van der Waals surface area contributed by atoms with Gasteiger partial charge in [0.1, 0.15) is 0 Å². The molecular formula is C115H206N2O27S2. The summed E-state index contributed by atoms with van der Waals surface area (Å²) in [7, 11) is 0. The Hall–Kier alpha value is -2.68. The number of amides is 3. The Balaban J connectivity index is 0.000000306. The van der Waals surface area contributed by atoms with Crippen molar-refractivity contribution in [2.45, 2.75) is 438 Å². The second kappa shape index (κ2) is 61.9. The Morgan fingerprint density at radius 3 is 0.671 bits per heavy atom. The molecule has 11 aliphatic heterocycles. The lowest BCUT2D eigenvalue weighted by atomic mass is 9.78. The maximum Gasteiger partial charge on any atom is 0.334 e. The number of ether oxygens (including phenoxy) is 20. The first kappa shape index (κ1) is 128.